The normalized spacial score (nSPS) is 16.9. The smallest absolute Gasteiger partial charge is 0.229 e. The van der Waals surface area contributed by atoms with Crippen molar-refractivity contribution in [3.8, 4) is 0 Å². The molecule has 0 aliphatic carbocycles. The van der Waals surface area contributed by atoms with Crippen molar-refractivity contribution < 1.29 is 4.74 Å². The number of benzene rings is 2. The second kappa shape index (κ2) is 7.37. The molecule has 2 aromatic carbocycles. The maximum Gasteiger partial charge on any atom is 0.229 e. The lowest BCUT2D eigenvalue weighted by molar-refractivity contribution is 0.120. The van der Waals surface area contributed by atoms with E-state index in [1.807, 2.05) is 48.5 Å². The zero-order chi connectivity index (χ0) is 17.1. The highest BCUT2D eigenvalue weighted by atomic mass is 79.9. The topological polar surface area (TPSA) is 59.1 Å². The van der Waals surface area contributed by atoms with Crippen molar-refractivity contribution in [1.82, 2.24) is 9.97 Å². The van der Waals surface area contributed by atoms with Crippen LogP contribution in [0.1, 0.15) is 12.8 Å². The van der Waals surface area contributed by atoms with Gasteiger partial charge < -0.3 is 15.4 Å². The Labute approximate surface area is 155 Å². The van der Waals surface area contributed by atoms with Crippen LogP contribution in [-0.4, -0.2) is 29.2 Å². The van der Waals surface area contributed by atoms with Crippen molar-refractivity contribution in [1.29, 1.82) is 0 Å². The number of anilines is 3. The summed E-state index contributed by atoms with van der Waals surface area (Å²) in [5, 5.41) is 7.73. The van der Waals surface area contributed by atoms with Gasteiger partial charge in [0, 0.05) is 28.7 Å². The molecule has 25 heavy (non-hydrogen) atoms. The predicted molar refractivity (Wildman–Crippen MR) is 104 cm³/mol. The van der Waals surface area contributed by atoms with Gasteiger partial charge in [-0.3, -0.25) is 0 Å². The highest BCUT2D eigenvalue weighted by Gasteiger charge is 2.16. The van der Waals surface area contributed by atoms with Crippen LogP contribution in [0.3, 0.4) is 0 Å². The Morgan fingerprint density at radius 2 is 1.92 bits per heavy atom. The van der Waals surface area contributed by atoms with Crippen LogP contribution in [0.5, 0.6) is 0 Å². The van der Waals surface area contributed by atoms with E-state index >= 15 is 0 Å². The number of nitrogens with zero attached hydrogens (tertiary/aromatic N) is 2. The molecule has 0 spiro atoms. The van der Waals surface area contributed by atoms with Crippen LogP contribution in [0, 0.1) is 0 Å². The van der Waals surface area contributed by atoms with Crippen LogP contribution < -0.4 is 10.6 Å². The Bertz CT molecular complexity index is 863. The SMILES string of the molecule is Brc1ccc(Nc2nc(NC[C@@H]3CCCO3)c3ccccc3n2)cc1. The minimum absolute atomic E-state index is 0.261. The highest BCUT2D eigenvalue weighted by molar-refractivity contribution is 9.10. The van der Waals surface area contributed by atoms with E-state index in [0.717, 1.165) is 52.9 Å². The van der Waals surface area contributed by atoms with Crippen molar-refractivity contribution in [3.05, 3.63) is 53.0 Å². The fraction of sp³-hybridized carbons (Fsp3) is 0.263. The van der Waals surface area contributed by atoms with Crippen molar-refractivity contribution in [2.75, 3.05) is 23.8 Å². The second-order valence-corrected chi connectivity index (χ2v) is 6.98. The van der Waals surface area contributed by atoms with Crippen molar-refractivity contribution >= 4 is 44.3 Å². The van der Waals surface area contributed by atoms with E-state index in [0.29, 0.717) is 5.95 Å². The molecule has 0 radical (unpaired) electrons. The lowest BCUT2D eigenvalue weighted by atomic mass is 10.2. The molecule has 2 N–H and O–H groups in total. The minimum atomic E-state index is 0.261. The zero-order valence-corrected chi connectivity index (χ0v) is 15.3. The lowest BCUT2D eigenvalue weighted by Gasteiger charge is -2.14. The molecule has 0 saturated carbocycles. The molecule has 0 unspecified atom stereocenters. The third-order valence-corrected chi connectivity index (χ3v) is 4.75. The number of hydrogen-bond acceptors (Lipinski definition) is 5. The van der Waals surface area contributed by atoms with Gasteiger partial charge in [0.2, 0.25) is 5.95 Å². The number of rotatable bonds is 5. The van der Waals surface area contributed by atoms with Gasteiger partial charge in [-0.25, -0.2) is 4.98 Å². The molecular weight excluding hydrogens is 380 g/mol. The number of para-hydroxylation sites is 1. The highest BCUT2D eigenvalue weighted by Crippen LogP contribution is 2.25. The van der Waals surface area contributed by atoms with Gasteiger partial charge in [-0.2, -0.15) is 4.98 Å². The predicted octanol–water partition coefficient (Wildman–Crippen LogP) is 4.73. The standard InChI is InChI=1S/C19H19BrN4O/c20-13-7-9-14(10-8-13)22-19-23-17-6-2-1-5-16(17)18(24-19)21-12-15-4-3-11-25-15/h1-2,5-10,15H,3-4,11-12H2,(H2,21,22,23,24)/t15-/m0/s1. The van der Waals surface area contributed by atoms with E-state index in [1.54, 1.807) is 0 Å². The maximum absolute atomic E-state index is 5.70. The summed E-state index contributed by atoms with van der Waals surface area (Å²) in [6.07, 6.45) is 2.49. The molecule has 2 heterocycles. The van der Waals surface area contributed by atoms with Crippen LogP contribution in [0.2, 0.25) is 0 Å². The molecule has 0 bridgehead atoms. The van der Waals surface area contributed by atoms with E-state index < -0.39 is 0 Å². The van der Waals surface area contributed by atoms with E-state index in [2.05, 4.69) is 36.5 Å². The molecule has 3 aromatic rings. The molecule has 1 aliphatic rings. The molecule has 1 atom stereocenters. The fourth-order valence-corrected chi connectivity index (χ4v) is 3.21. The quantitative estimate of drug-likeness (QED) is 0.650. The number of hydrogen-bond donors (Lipinski definition) is 2. The van der Waals surface area contributed by atoms with Crippen LogP contribution >= 0.6 is 15.9 Å². The van der Waals surface area contributed by atoms with Crippen LogP contribution in [0.15, 0.2) is 53.0 Å². The summed E-state index contributed by atoms with van der Waals surface area (Å²) in [5.41, 5.74) is 1.86. The van der Waals surface area contributed by atoms with Gasteiger partial charge in [-0.15, -0.1) is 0 Å². The Kier molecular flexibility index (Phi) is 4.81. The monoisotopic (exact) mass is 398 g/mol. The van der Waals surface area contributed by atoms with Gasteiger partial charge >= 0.3 is 0 Å². The number of nitrogens with one attached hydrogen (secondary N) is 2. The Morgan fingerprint density at radius 3 is 2.72 bits per heavy atom. The first-order valence-corrected chi connectivity index (χ1v) is 9.22. The third-order valence-electron chi connectivity index (χ3n) is 4.22. The maximum atomic E-state index is 5.70. The van der Waals surface area contributed by atoms with Crippen LogP contribution in [0.25, 0.3) is 10.9 Å². The van der Waals surface area contributed by atoms with E-state index in [4.69, 9.17) is 4.74 Å². The number of halogens is 1. The lowest BCUT2D eigenvalue weighted by Crippen LogP contribution is -2.19. The van der Waals surface area contributed by atoms with Gasteiger partial charge in [0.1, 0.15) is 5.82 Å². The second-order valence-electron chi connectivity index (χ2n) is 6.06. The molecular formula is C19H19BrN4O. The molecule has 4 rings (SSSR count). The Morgan fingerprint density at radius 1 is 1.08 bits per heavy atom. The largest absolute Gasteiger partial charge is 0.376 e. The van der Waals surface area contributed by atoms with Gasteiger partial charge in [0.15, 0.2) is 0 Å². The zero-order valence-electron chi connectivity index (χ0n) is 13.7. The molecule has 1 fully saturated rings. The summed E-state index contributed by atoms with van der Waals surface area (Å²) in [6, 6.07) is 16.0. The first kappa shape index (κ1) is 16.3. The van der Waals surface area contributed by atoms with Gasteiger partial charge in [-0.05, 0) is 49.2 Å². The summed E-state index contributed by atoms with van der Waals surface area (Å²) in [6.45, 7) is 1.62. The molecule has 5 nitrogen and oxygen atoms in total. The van der Waals surface area contributed by atoms with E-state index in [1.165, 1.54) is 0 Å². The molecule has 1 saturated heterocycles. The summed E-state index contributed by atoms with van der Waals surface area (Å²) in [4.78, 5) is 9.31. The molecule has 1 aliphatic heterocycles. The summed E-state index contributed by atoms with van der Waals surface area (Å²) >= 11 is 3.45. The Hall–Kier alpha value is -2.18. The summed E-state index contributed by atoms with van der Waals surface area (Å²) in [5.74, 6) is 1.41. The van der Waals surface area contributed by atoms with Gasteiger partial charge in [-0.1, -0.05) is 28.1 Å². The van der Waals surface area contributed by atoms with Gasteiger partial charge in [0.25, 0.3) is 0 Å². The van der Waals surface area contributed by atoms with Crippen LogP contribution in [0.4, 0.5) is 17.5 Å². The molecule has 0 amide bonds. The molecule has 6 heteroatoms. The first-order chi connectivity index (χ1) is 12.3. The first-order valence-electron chi connectivity index (χ1n) is 8.43. The molecule has 128 valence electrons. The van der Waals surface area contributed by atoms with Crippen molar-refractivity contribution in [3.63, 3.8) is 0 Å². The average molecular weight is 399 g/mol. The minimum Gasteiger partial charge on any atom is -0.376 e. The van der Waals surface area contributed by atoms with Crippen LogP contribution in [-0.2, 0) is 4.74 Å². The van der Waals surface area contributed by atoms with Crippen molar-refractivity contribution in [2.45, 2.75) is 18.9 Å². The summed E-state index contributed by atoms with van der Waals surface area (Å²) in [7, 11) is 0. The molecule has 1 aromatic heterocycles. The van der Waals surface area contributed by atoms with Gasteiger partial charge in [0.05, 0.1) is 11.6 Å². The fourth-order valence-electron chi connectivity index (χ4n) is 2.95. The van der Waals surface area contributed by atoms with Crippen molar-refractivity contribution in [2.24, 2.45) is 0 Å². The van der Waals surface area contributed by atoms with E-state index in [9.17, 15) is 0 Å². The third kappa shape index (κ3) is 3.91. The Balaban J connectivity index is 1.61. The number of fused-ring (bicyclic) bond motifs is 1. The summed E-state index contributed by atoms with van der Waals surface area (Å²) < 4.78 is 6.74. The average Bonchev–Trinajstić information content (AvgIpc) is 3.15. The van der Waals surface area contributed by atoms with E-state index in [-0.39, 0.29) is 6.10 Å². The number of aromatic nitrogens is 2. The number of ether oxygens (including phenoxy) is 1.